The van der Waals surface area contributed by atoms with Gasteiger partial charge in [-0.2, -0.15) is 5.10 Å². The highest BCUT2D eigenvalue weighted by Crippen LogP contribution is 2.29. The minimum atomic E-state index is -1.02. The molecule has 0 radical (unpaired) electrons. The number of para-hydroxylation sites is 1. The third-order valence-corrected chi connectivity index (χ3v) is 4.45. The van der Waals surface area contributed by atoms with Crippen LogP contribution in [0.4, 0.5) is 5.69 Å². The molecule has 0 aliphatic rings. The van der Waals surface area contributed by atoms with Gasteiger partial charge in [0.2, 0.25) is 0 Å². The van der Waals surface area contributed by atoms with Crippen molar-refractivity contribution in [1.29, 1.82) is 0 Å². The summed E-state index contributed by atoms with van der Waals surface area (Å²) in [6.45, 7) is 0.316. The van der Waals surface area contributed by atoms with Crippen LogP contribution in [0.15, 0.2) is 71.8 Å². The Bertz CT molecular complexity index is 1040. The Labute approximate surface area is 173 Å². The highest BCUT2D eigenvalue weighted by Gasteiger charge is 2.09. The number of carboxylic acids is 1. The summed E-state index contributed by atoms with van der Waals surface area (Å²) in [5.74, 6) is 0.102. The molecule has 3 aromatic carbocycles. The highest BCUT2D eigenvalue weighted by molar-refractivity contribution is 6.31. The van der Waals surface area contributed by atoms with E-state index in [4.69, 9.17) is 21.1 Å². The lowest BCUT2D eigenvalue weighted by Gasteiger charge is -2.12. The van der Waals surface area contributed by atoms with Gasteiger partial charge in [-0.1, -0.05) is 41.9 Å². The smallest absolute Gasteiger partial charge is 0.337 e. The summed E-state index contributed by atoms with van der Waals surface area (Å²) in [6, 6.07) is 19.4. The maximum Gasteiger partial charge on any atom is 0.337 e. The van der Waals surface area contributed by atoms with E-state index in [1.807, 2.05) is 30.3 Å². The van der Waals surface area contributed by atoms with Gasteiger partial charge in [-0.25, -0.2) is 4.79 Å². The van der Waals surface area contributed by atoms with Crippen molar-refractivity contribution in [3.8, 4) is 11.5 Å². The lowest BCUT2D eigenvalue weighted by Crippen LogP contribution is -2.02. The predicted molar refractivity (Wildman–Crippen MR) is 113 cm³/mol. The number of benzene rings is 3. The van der Waals surface area contributed by atoms with Gasteiger partial charge < -0.3 is 14.6 Å². The average molecular weight is 411 g/mol. The first kappa shape index (κ1) is 20.2. The Kier molecular flexibility index (Phi) is 6.71. The SMILES string of the molecule is COc1cc(/C=N/Nc2ccccc2C(=O)O)ccc1OCc1ccccc1Cl. The Morgan fingerprint density at radius 1 is 1.10 bits per heavy atom. The van der Waals surface area contributed by atoms with E-state index >= 15 is 0 Å². The lowest BCUT2D eigenvalue weighted by atomic mass is 10.2. The quantitative estimate of drug-likeness (QED) is 0.400. The van der Waals surface area contributed by atoms with Crippen LogP contribution in [0.1, 0.15) is 21.5 Å². The molecule has 0 spiro atoms. The van der Waals surface area contributed by atoms with Gasteiger partial charge in [0.05, 0.1) is 24.6 Å². The first-order valence-electron chi connectivity index (χ1n) is 8.74. The van der Waals surface area contributed by atoms with E-state index in [0.717, 1.165) is 11.1 Å². The van der Waals surface area contributed by atoms with Crippen LogP contribution in [0.3, 0.4) is 0 Å². The van der Waals surface area contributed by atoms with Gasteiger partial charge in [-0.3, -0.25) is 5.43 Å². The number of methoxy groups -OCH3 is 1. The average Bonchev–Trinajstić information content (AvgIpc) is 2.74. The number of aromatic carboxylic acids is 1. The fraction of sp³-hybridized carbons (Fsp3) is 0.0909. The molecule has 29 heavy (non-hydrogen) atoms. The van der Waals surface area contributed by atoms with Gasteiger partial charge >= 0.3 is 5.97 Å². The van der Waals surface area contributed by atoms with Crippen LogP contribution in [0, 0.1) is 0 Å². The zero-order valence-electron chi connectivity index (χ0n) is 15.6. The largest absolute Gasteiger partial charge is 0.493 e. The number of nitrogens with zero attached hydrogens (tertiary/aromatic N) is 1. The number of hydrazone groups is 1. The van der Waals surface area contributed by atoms with Gasteiger partial charge in [0.25, 0.3) is 0 Å². The van der Waals surface area contributed by atoms with Crippen molar-refractivity contribution in [3.05, 3.63) is 88.4 Å². The third kappa shape index (κ3) is 5.27. The van der Waals surface area contributed by atoms with Crippen molar-refractivity contribution in [2.24, 2.45) is 5.10 Å². The first-order chi connectivity index (χ1) is 14.1. The number of halogens is 1. The standard InChI is InChI=1S/C22H19ClN2O4/c1-28-21-12-15(13-24-25-19-9-5-3-7-17(19)22(26)27)10-11-20(21)29-14-16-6-2-4-8-18(16)23/h2-13,25H,14H2,1H3,(H,26,27)/b24-13+. The van der Waals surface area contributed by atoms with Crippen molar-refractivity contribution < 1.29 is 19.4 Å². The van der Waals surface area contributed by atoms with E-state index in [2.05, 4.69) is 10.5 Å². The third-order valence-electron chi connectivity index (χ3n) is 4.08. The van der Waals surface area contributed by atoms with E-state index in [0.29, 0.717) is 28.8 Å². The van der Waals surface area contributed by atoms with E-state index in [9.17, 15) is 9.90 Å². The number of anilines is 1. The highest BCUT2D eigenvalue weighted by atomic mass is 35.5. The predicted octanol–water partition coefficient (Wildman–Crippen LogP) is 5.07. The second-order valence-corrected chi connectivity index (χ2v) is 6.42. The zero-order valence-corrected chi connectivity index (χ0v) is 16.4. The summed E-state index contributed by atoms with van der Waals surface area (Å²) in [5, 5.41) is 14.0. The van der Waals surface area contributed by atoms with E-state index in [1.165, 1.54) is 6.07 Å². The molecule has 3 aromatic rings. The van der Waals surface area contributed by atoms with E-state index in [-0.39, 0.29) is 5.56 Å². The number of hydrogen-bond donors (Lipinski definition) is 2. The second kappa shape index (κ2) is 9.61. The molecule has 7 heteroatoms. The normalized spacial score (nSPS) is 10.7. The topological polar surface area (TPSA) is 80.2 Å². The number of carboxylic acid groups (broad SMARTS) is 1. The molecular formula is C22H19ClN2O4. The molecule has 0 heterocycles. The van der Waals surface area contributed by atoms with Crippen molar-refractivity contribution in [2.45, 2.75) is 6.61 Å². The first-order valence-corrected chi connectivity index (χ1v) is 9.12. The van der Waals surface area contributed by atoms with Crippen LogP contribution < -0.4 is 14.9 Å². The van der Waals surface area contributed by atoms with Gasteiger partial charge in [-0.05, 0) is 42.0 Å². The van der Waals surface area contributed by atoms with Crippen molar-refractivity contribution in [1.82, 2.24) is 0 Å². The lowest BCUT2D eigenvalue weighted by molar-refractivity contribution is 0.0698. The van der Waals surface area contributed by atoms with Crippen LogP contribution in [-0.2, 0) is 6.61 Å². The monoisotopic (exact) mass is 410 g/mol. The molecule has 6 nitrogen and oxygen atoms in total. The molecule has 0 bridgehead atoms. The van der Waals surface area contributed by atoms with Crippen LogP contribution in [0.2, 0.25) is 5.02 Å². The van der Waals surface area contributed by atoms with Gasteiger partial charge in [0.15, 0.2) is 11.5 Å². The summed E-state index contributed by atoms with van der Waals surface area (Å²) < 4.78 is 11.2. The summed E-state index contributed by atoms with van der Waals surface area (Å²) in [4.78, 5) is 11.2. The summed E-state index contributed by atoms with van der Waals surface area (Å²) >= 11 is 6.16. The number of hydrogen-bond acceptors (Lipinski definition) is 5. The summed E-state index contributed by atoms with van der Waals surface area (Å²) in [5.41, 5.74) is 4.93. The minimum absolute atomic E-state index is 0.144. The molecule has 0 aliphatic heterocycles. The van der Waals surface area contributed by atoms with Crippen molar-refractivity contribution in [3.63, 3.8) is 0 Å². The number of carbonyl (C=O) groups is 1. The molecule has 0 aliphatic carbocycles. The molecule has 0 fully saturated rings. The van der Waals surface area contributed by atoms with Gasteiger partial charge in [0, 0.05) is 10.6 Å². The molecule has 0 saturated heterocycles. The molecule has 148 valence electrons. The number of rotatable bonds is 8. The van der Waals surface area contributed by atoms with Crippen LogP contribution in [0.5, 0.6) is 11.5 Å². The molecular weight excluding hydrogens is 392 g/mol. The summed E-state index contributed by atoms with van der Waals surface area (Å²) in [6.07, 6.45) is 1.57. The molecule has 3 rings (SSSR count). The number of ether oxygens (including phenoxy) is 2. The Balaban J connectivity index is 1.69. The molecule has 0 atom stereocenters. The Morgan fingerprint density at radius 3 is 2.62 bits per heavy atom. The van der Waals surface area contributed by atoms with Crippen LogP contribution in [-0.4, -0.2) is 24.4 Å². The zero-order chi connectivity index (χ0) is 20.6. The van der Waals surface area contributed by atoms with E-state index < -0.39 is 5.97 Å². The van der Waals surface area contributed by atoms with E-state index in [1.54, 1.807) is 43.7 Å². The fourth-order valence-corrected chi connectivity index (χ4v) is 2.79. The molecule has 0 amide bonds. The Hall–Kier alpha value is -3.51. The van der Waals surface area contributed by atoms with Gasteiger partial charge in [-0.15, -0.1) is 0 Å². The maximum atomic E-state index is 11.2. The Morgan fingerprint density at radius 2 is 1.86 bits per heavy atom. The fourth-order valence-electron chi connectivity index (χ4n) is 2.60. The summed E-state index contributed by atoms with van der Waals surface area (Å²) in [7, 11) is 1.56. The van der Waals surface area contributed by atoms with Crippen molar-refractivity contribution >= 4 is 29.5 Å². The minimum Gasteiger partial charge on any atom is -0.493 e. The number of nitrogens with one attached hydrogen (secondary N) is 1. The maximum absolute atomic E-state index is 11.2. The van der Waals surface area contributed by atoms with Crippen LogP contribution >= 0.6 is 11.6 Å². The van der Waals surface area contributed by atoms with Crippen LogP contribution in [0.25, 0.3) is 0 Å². The molecule has 2 N–H and O–H groups in total. The molecule has 0 saturated carbocycles. The molecule has 0 aromatic heterocycles. The van der Waals surface area contributed by atoms with Crippen molar-refractivity contribution in [2.75, 3.05) is 12.5 Å². The molecule has 0 unspecified atom stereocenters. The second-order valence-electron chi connectivity index (χ2n) is 6.01. The van der Waals surface area contributed by atoms with Gasteiger partial charge in [0.1, 0.15) is 6.61 Å².